The van der Waals surface area contributed by atoms with E-state index in [2.05, 4.69) is 11.7 Å². The van der Waals surface area contributed by atoms with Gasteiger partial charge in [-0.15, -0.1) is 0 Å². The number of ether oxygens (including phenoxy) is 1. The average Bonchev–Trinajstić information content (AvgIpc) is 2.24. The Bertz CT molecular complexity index is 397. The highest BCUT2D eigenvalue weighted by Crippen LogP contribution is 2.12. The smallest absolute Gasteiger partial charge is 0.130 e. The molecular formula is C13H17NO2. The molecule has 3 heteroatoms. The van der Waals surface area contributed by atoms with Gasteiger partial charge in [0.1, 0.15) is 12.4 Å². The Labute approximate surface area is 96.1 Å². The number of oxime groups is 1. The molecule has 0 unspecified atom stereocenters. The summed E-state index contributed by atoms with van der Waals surface area (Å²) in [7, 11) is 0. The molecule has 0 aliphatic rings. The van der Waals surface area contributed by atoms with Crippen LogP contribution in [-0.4, -0.2) is 17.5 Å². The molecule has 0 atom stereocenters. The van der Waals surface area contributed by atoms with Crippen LogP contribution in [0, 0.1) is 6.92 Å². The summed E-state index contributed by atoms with van der Waals surface area (Å²) in [6.45, 7) is 7.94. The van der Waals surface area contributed by atoms with E-state index in [1.807, 2.05) is 38.1 Å². The lowest BCUT2D eigenvalue weighted by atomic mass is 10.2. The molecule has 0 bridgehead atoms. The molecule has 0 spiro atoms. The van der Waals surface area contributed by atoms with Gasteiger partial charge in [-0.25, -0.2) is 0 Å². The number of rotatable bonds is 5. The van der Waals surface area contributed by atoms with E-state index in [0.717, 1.165) is 16.9 Å². The van der Waals surface area contributed by atoms with E-state index in [-0.39, 0.29) is 6.61 Å². The van der Waals surface area contributed by atoms with Crippen LogP contribution < -0.4 is 4.74 Å². The molecule has 0 aliphatic carbocycles. The number of nitrogens with zero attached hydrogens (tertiary/aromatic N) is 1. The summed E-state index contributed by atoms with van der Waals surface area (Å²) in [6, 6.07) is 7.75. The van der Waals surface area contributed by atoms with Crippen molar-refractivity contribution in [2.45, 2.75) is 20.3 Å². The zero-order valence-corrected chi connectivity index (χ0v) is 9.73. The van der Waals surface area contributed by atoms with Crippen LogP contribution in [0.2, 0.25) is 0 Å². The maximum atomic E-state index is 8.77. The van der Waals surface area contributed by atoms with Crippen molar-refractivity contribution in [3.63, 3.8) is 0 Å². The zero-order valence-electron chi connectivity index (χ0n) is 9.73. The van der Waals surface area contributed by atoms with Crippen LogP contribution in [0.1, 0.15) is 18.9 Å². The maximum Gasteiger partial charge on any atom is 0.130 e. The summed E-state index contributed by atoms with van der Waals surface area (Å²) in [5, 5.41) is 12.0. The van der Waals surface area contributed by atoms with Crippen molar-refractivity contribution in [3.05, 3.63) is 42.0 Å². The Morgan fingerprint density at radius 3 is 2.81 bits per heavy atom. The summed E-state index contributed by atoms with van der Waals surface area (Å²) in [5.41, 5.74) is 2.66. The van der Waals surface area contributed by atoms with Gasteiger partial charge in [0.05, 0.1) is 5.71 Å². The third-order valence-electron chi connectivity index (χ3n) is 2.04. The molecule has 0 saturated heterocycles. The van der Waals surface area contributed by atoms with Gasteiger partial charge in [-0.05, 0) is 31.5 Å². The van der Waals surface area contributed by atoms with Gasteiger partial charge < -0.3 is 9.94 Å². The number of hydrogen-bond acceptors (Lipinski definition) is 3. The van der Waals surface area contributed by atoms with Gasteiger partial charge in [-0.2, -0.15) is 0 Å². The second-order valence-electron chi connectivity index (χ2n) is 3.91. The molecule has 16 heavy (non-hydrogen) atoms. The van der Waals surface area contributed by atoms with Crippen LogP contribution in [0.3, 0.4) is 0 Å². The second-order valence-corrected chi connectivity index (χ2v) is 3.91. The van der Waals surface area contributed by atoms with Gasteiger partial charge in [0, 0.05) is 6.42 Å². The Balaban J connectivity index is 2.53. The van der Waals surface area contributed by atoms with Crippen LogP contribution in [0.4, 0.5) is 0 Å². The molecule has 0 aliphatic heterocycles. The fourth-order valence-corrected chi connectivity index (χ4v) is 1.34. The molecule has 0 aromatic heterocycles. The summed E-state index contributed by atoms with van der Waals surface area (Å²) in [5.74, 6) is 0.780. The Morgan fingerprint density at radius 2 is 2.25 bits per heavy atom. The Morgan fingerprint density at radius 1 is 1.50 bits per heavy atom. The number of benzene rings is 1. The van der Waals surface area contributed by atoms with Gasteiger partial charge in [-0.1, -0.05) is 29.4 Å². The zero-order chi connectivity index (χ0) is 12.0. The van der Waals surface area contributed by atoms with Crippen LogP contribution >= 0.6 is 0 Å². The monoisotopic (exact) mass is 219 g/mol. The van der Waals surface area contributed by atoms with Crippen LogP contribution in [0.15, 0.2) is 41.6 Å². The summed E-state index contributed by atoms with van der Waals surface area (Å²) in [6.07, 6.45) is 0.558. The molecular weight excluding hydrogens is 202 g/mol. The molecule has 1 rings (SSSR count). The lowest BCUT2D eigenvalue weighted by Gasteiger charge is -2.08. The first kappa shape index (κ1) is 12.3. The Hall–Kier alpha value is -1.77. The first-order valence-corrected chi connectivity index (χ1v) is 5.15. The first-order chi connectivity index (χ1) is 7.61. The van der Waals surface area contributed by atoms with E-state index in [4.69, 9.17) is 9.94 Å². The highest BCUT2D eigenvalue weighted by Gasteiger charge is 2.02. The Kier molecular flexibility index (Phi) is 4.58. The van der Waals surface area contributed by atoms with Crippen molar-refractivity contribution >= 4 is 5.71 Å². The average molecular weight is 219 g/mol. The molecule has 0 amide bonds. The largest absolute Gasteiger partial charge is 0.487 e. The van der Waals surface area contributed by atoms with E-state index in [1.54, 1.807) is 0 Å². The van der Waals surface area contributed by atoms with Crippen LogP contribution in [-0.2, 0) is 0 Å². The minimum atomic E-state index is 0.285. The highest BCUT2D eigenvalue weighted by molar-refractivity contribution is 5.87. The quantitative estimate of drug-likeness (QED) is 0.357. The first-order valence-electron chi connectivity index (χ1n) is 5.15. The highest BCUT2D eigenvalue weighted by atomic mass is 16.5. The predicted octanol–water partition coefficient (Wildman–Crippen LogP) is 3.17. The van der Waals surface area contributed by atoms with E-state index in [1.165, 1.54) is 0 Å². The molecule has 1 aromatic carbocycles. The topological polar surface area (TPSA) is 41.8 Å². The van der Waals surface area contributed by atoms with Crippen molar-refractivity contribution in [1.82, 2.24) is 0 Å². The molecule has 86 valence electrons. The molecule has 3 nitrogen and oxygen atoms in total. The standard InChI is InChI=1S/C13H17NO2/c1-10(2)7-12(14-15)9-16-13-6-4-5-11(3)8-13/h4-6,8,15H,1,7,9H2,2-3H3/b14-12+. The van der Waals surface area contributed by atoms with E-state index in [9.17, 15) is 0 Å². The SMILES string of the molecule is C=C(C)C/C(COc1cccc(C)c1)=N\O. The number of allylic oxidation sites excluding steroid dienone is 1. The fourth-order valence-electron chi connectivity index (χ4n) is 1.34. The van der Waals surface area contributed by atoms with E-state index >= 15 is 0 Å². The molecule has 0 radical (unpaired) electrons. The summed E-state index contributed by atoms with van der Waals surface area (Å²) in [4.78, 5) is 0. The van der Waals surface area contributed by atoms with Crippen LogP contribution in [0.25, 0.3) is 0 Å². The lowest BCUT2D eigenvalue weighted by Crippen LogP contribution is -2.11. The molecule has 0 fully saturated rings. The van der Waals surface area contributed by atoms with Gasteiger partial charge in [0.25, 0.3) is 0 Å². The van der Waals surface area contributed by atoms with E-state index in [0.29, 0.717) is 12.1 Å². The van der Waals surface area contributed by atoms with Crippen molar-refractivity contribution < 1.29 is 9.94 Å². The van der Waals surface area contributed by atoms with Crippen LogP contribution in [0.5, 0.6) is 5.75 Å². The maximum absolute atomic E-state index is 8.77. The lowest BCUT2D eigenvalue weighted by molar-refractivity contribution is 0.305. The third-order valence-corrected chi connectivity index (χ3v) is 2.04. The van der Waals surface area contributed by atoms with Gasteiger partial charge in [0.15, 0.2) is 0 Å². The third kappa shape index (κ3) is 4.17. The predicted molar refractivity (Wildman–Crippen MR) is 65.3 cm³/mol. The summed E-state index contributed by atoms with van der Waals surface area (Å²) >= 11 is 0. The summed E-state index contributed by atoms with van der Waals surface area (Å²) < 4.78 is 5.51. The molecule has 0 heterocycles. The molecule has 1 aromatic rings. The normalized spacial score (nSPS) is 11.2. The van der Waals surface area contributed by atoms with Gasteiger partial charge >= 0.3 is 0 Å². The molecule has 0 saturated carbocycles. The van der Waals surface area contributed by atoms with Crippen molar-refractivity contribution in [3.8, 4) is 5.75 Å². The van der Waals surface area contributed by atoms with Crippen molar-refractivity contribution in [2.24, 2.45) is 5.16 Å². The fraction of sp³-hybridized carbons (Fsp3) is 0.308. The van der Waals surface area contributed by atoms with Gasteiger partial charge in [-0.3, -0.25) is 0 Å². The van der Waals surface area contributed by atoms with Crippen molar-refractivity contribution in [2.75, 3.05) is 6.61 Å². The minimum Gasteiger partial charge on any atom is -0.487 e. The van der Waals surface area contributed by atoms with E-state index < -0.39 is 0 Å². The molecule has 1 N–H and O–H groups in total. The van der Waals surface area contributed by atoms with Gasteiger partial charge in [0.2, 0.25) is 0 Å². The minimum absolute atomic E-state index is 0.285. The number of aryl methyl sites for hydroxylation is 1. The number of hydrogen-bond donors (Lipinski definition) is 1. The second kappa shape index (κ2) is 5.95. The van der Waals surface area contributed by atoms with Crippen molar-refractivity contribution in [1.29, 1.82) is 0 Å².